The lowest BCUT2D eigenvalue weighted by atomic mass is 10.0. The van der Waals surface area contributed by atoms with Gasteiger partial charge in [0.05, 0.1) is 5.69 Å². The molecule has 7 nitrogen and oxygen atoms in total. The van der Waals surface area contributed by atoms with E-state index in [2.05, 4.69) is 15.7 Å². The summed E-state index contributed by atoms with van der Waals surface area (Å²) >= 11 is 0. The third-order valence-corrected chi connectivity index (χ3v) is 2.96. The highest BCUT2D eigenvalue weighted by Gasteiger charge is 2.15. The van der Waals surface area contributed by atoms with Gasteiger partial charge in [-0.05, 0) is 42.8 Å². The Labute approximate surface area is 122 Å². The molecule has 0 aliphatic carbocycles. The van der Waals surface area contributed by atoms with Gasteiger partial charge in [0.15, 0.2) is 0 Å². The molecule has 0 bridgehead atoms. The summed E-state index contributed by atoms with van der Waals surface area (Å²) in [5.41, 5.74) is 4.00. The highest BCUT2D eigenvalue weighted by atomic mass is 16.5. The van der Waals surface area contributed by atoms with Gasteiger partial charge in [-0.3, -0.25) is 10.8 Å². The number of nitrogens with one attached hydrogen (secondary N) is 4. The van der Waals surface area contributed by atoms with Crippen LogP contribution in [0.25, 0.3) is 0 Å². The summed E-state index contributed by atoms with van der Waals surface area (Å²) in [6.45, 7) is 1.55. The fraction of sp³-hybridized carbons (Fsp3) is 0.214. The zero-order valence-corrected chi connectivity index (χ0v) is 11.5. The molecule has 1 aliphatic rings. The molecule has 2 rings (SSSR count). The van der Waals surface area contributed by atoms with Crippen molar-refractivity contribution in [1.29, 1.82) is 10.8 Å². The Kier molecular flexibility index (Phi) is 5.19. The SMILES string of the molecule is N=C(Oc1ccc(N=CNN)cc1)C(=N)C1=CCNCC1. The molecule has 0 atom stereocenters. The van der Waals surface area contributed by atoms with Crippen molar-refractivity contribution in [3.63, 3.8) is 0 Å². The quantitative estimate of drug-likeness (QED) is 0.241. The van der Waals surface area contributed by atoms with E-state index >= 15 is 0 Å². The molecule has 0 radical (unpaired) electrons. The van der Waals surface area contributed by atoms with Crippen molar-refractivity contribution in [3.05, 3.63) is 35.9 Å². The second-order valence-corrected chi connectivity index (χ2v) is 4.41. The zero-order chi connectivity index (χ0) is 15.1. The molecule has 0 spiro atoms. The maximum Gasteiger partial charge on any atom is 0.237 e. The maximum absolute atomic E-state index is 7.98. The lowest BCUT2D eigenvalue weighted by Gasteiger charge is -2.15. The van der Waals surface area contributed by atoms with E-state index in [0.29, 0.717) is 11.4 Å². The largest absolute Gasteiger partial charge is 0.437 e. The number of hydrogen-bond acceptors (Lipinski definition) is 6. The molecule has 1 aromatic rings. The van der Waals surface area contributed by atoms with Gasteiger partial charge >= 0.3 is 0 Å². The first kappa shape index (κ1) is 14.9. The number of rotatable bonds is 5. The van der Waals surface area contributed by atoms with Gasteiger partial charge in [-0.25, -0.2) is 10.8 Å². The number of nitrogens with two attached hydrogens (primary N) is 1. The van der Waals surface area contributed by atoms with Gasteiger partial charge in [0.1, 0.15) is 17.8 Å². The van der Waals surface area contributed by atoms with Crippen LogP contribution in [-0.2, 0) is 0 Å². The van der Waals surface area contributed by atoms with Crippen LogP contribution in [0.1, 0.15) is 6.42 Å². The Morgan fingerprint density at radius 1 is 1.33 bits per heavy atom. The molecule has 0 unspecified atom stereocenters. The van der Waals surface area contributed by atoms with E-state index in [9.17, 15) is 0 Å². The van der Waals surface area contributed by atoms with Crippen molar-refractivity contribution in [2.24, 2.45) is 10.8 Å². The summed E-state index contributed by atoms with van der Waals surface area (Å²) in [7, 11) is 0. The number of ether oxygens (including phenoxy) is 1. The van der Waals surface area contributed by atoms with Crippen molar-refractivity contribution in [1.82, 2.24) is 10.7 Å². The Hall–Kier alpha value is -2.51. The monoisotopic (exact) mass is 286 g/mol. The van der Waals surface area contributed by atoms with Gasteiger partial charge in [0.25, 0.3) is 0 Å². The molecule has 1 heterocycles. The first-order chi connectivity index (χ1) is 10.2. The molecule has 0 amide bonds. The van der Waals surface area contributed by atoms with Gasteiger partial charge in [-0.2, -0.15) is 0 Å². The standard InChI is InChI=1S/C14H18N6O/c15-13(10-5-7-18-8-6-10)14(16)21-12-3-1-11(2-4-12)19-9-20-17/h1-5,9,15-16,18H,6-8,17H2,(H,19,20). The van der Waals surface area contributed by atoms with E-state index in [1.165, 1.54) is 6.34 Å². The van der Waals surface area contributed by atoms with Crippen molar-refractivity contribution in [3.8, 4) is 5.75 Å². The van der Waals surface area contributed by atoms with Crippen LogP contribution < -0.4 is 21.3 Å². The van der Waals surface area contributed by atoms with E-state index < -0.39 is 0 Å². The molecule has 1 aliphatic heterocycles. The lowest BCUT2D eigenvalue weighted by molar-refractivity contribution is 0.555. The number of nitrogens with zero attached hydrogens (tertiary/aromatic N) is 1. The topological polar surface area (TPSA) is 119 Å². The molecule has 7 heteroatoms. The summed E-state index contributed by atoms with van der Waals surface area (Å²) in [4.78, 5) is 4.02. The predicted molar refractivity (Wildman–Crippen MR) is 83.6 cm³/mol. The van der Waals surface area contributed by atoms with E-state index in [-0.39, 0.29) is 11.6 Å². The van der Waals surface area contributed by atoms with Crippen LogP contribution in [0.3, 0.4) is 0 Å². The van der Waals surface area contributed by atoms with Crippen LogP contribution in [0.5, 0.6) is 5.75 Å². The zero-order valence-electron chi connectivity index (χ0n) is 11.5. The molecule has 0 saturated carbocycles. The van der Waals surface area contributed by atoms with Crippen LogP contribution in [0.4, 0.5) is 5.69 Å². The molecular formula is C14H18N6O. The number of aliphatic imine (C=N–C) groups is 1. The van der Waals surface area contributed by atoms with E-state index in [1.54, 1.807) is 24.3 Å². The summed E-state index contributed by atoms with van der Waals surface area (Å²) in [6, 6.07) is 6.87. The van der Waals surface area contributed by atoms with Crippen LogP contribution in [0.15, 0.2) is 40.9 Å². The first-order valence-electron chi connectivity index (χ1n) is 6.55. The third kappa shape index (κ3) is 4.23. The Balaban J connectivity index is 1.97. The van der Waals surface area contributed by atoms with Gasteiger partial charge < -0.3 is 15.5 Å². The van der Waals surface area contributed by atoms with E-state index in [0.717, 1.165) is 25.1 Å². The minimum atomic E-state index is -0.150. The lowest BCUT2D eigenvalue weighted by Crippen LogP contribution is -2.28. The molecule has 0 saturated heterocycles. The average Bonchev–Trinajstić information content (AvgIpc) is 2.54. The van der Waals surface area contributed by atoms with Crippen molar-refractivity contribution in [2.75, 3.05) is 13.1 Å². The summed E-state index contributed by atoms with van der Waals surface area (Å²) in [6.07, 6.45) is 4.03. The first-order valence-corrected chi connectivity index (χ1v) is 6.55. The average molecular weight is 286 g/mol. The number of hydrogen-bond donors (Lipinski definition) is 5. The van der Waals surface area contributed by atoms with Crippen LogP contribution in [0.2, 0.25) is 0 Å². The fourth-order valence-electron chi connectivity index (χ4n) is 1.88. The Bertz CT molecular complexity index is 576. The molecule has 0 aromatic heterocycles. The van der Waals surface area contributed by atoms with Gasteiger partial charge in [-0.15, -0.1) is 0 Å². The summed E-state index contributed by atoms with van der Waals surface area (Å²) in [5, 5.41) is 19.0. The molecular weight excluding hydrogens is 268 g/mol. The molecule has 21 heavy (non-hydrogen) atoms. The van der Waals surface area contributed by atoms with Crippen LogP contribution >= 0.6 is 0 Å². The highest BCUT2D eigenvalue weighted by molar-refractivity contribution is 6.43. The summed E-state index contributed by atoms with van der Waals surface area (Å²) < 4.78 is 5.39. The maximum atomic E-state index is 7.98. The van der Waals surface area contributed by atoms with Gasteiger partial charge in [0, 0.05) is 6.54 Å². The molecule has 1 aromatic carbocycles. The van der Waals surface area contributed by atoms with Crippen LogP contribution in [-0.4, -0.2) is 31.0 Å². The van der Waals surface area contributed by atoms with Crippen molar-refractivity contribution in [2.45, 2.75) is 6.42 Å². The van der Waals surface area contributed by atoms with E-state index in [1.807, 2.05) is 6.08 Å². The highest BCUT2D eigenvalue weighted by Crippen LogP contribution is 2.18. The second kappa shape index (κ2) is 7.32. The second-order valence-electron chi connectivity index (χ2n) is 4.41. The summed E-state index contributed by atoms with van der Waals surface area (Å²) in [5.74, 6) is 5.44. The minimum absolute atomic E-state index is 0.130. The Morgan fingerprint density at radius 2 is 2.10 bits per heavy atom. The predicted octanol–water partition coefficient (Wildman–Crippen LogP) is 1.11. The molecule has 110 valence electrons. The van der Waals surface area contributed by atoms with Gasteiger partial charge in [0.2, 0.25) is 5.90 Å². The fourth-order valence-corrected chi connectivity index (χ4v) is 1.88. The molecule has 0 fully saturated rings. The van der Waals surface area contributed by atoms with E-state index in [4.69, 9.17) is 21.4 Å². The minimum Gasteiger partial charge on any atom is -0.437 e. The van der Waals surface area contributed by atoms with Crippen LogP contribution in [0, 0.1) is 10.8 Å². The number of hydrazine groups is 1. The van der Waals surface area contributed by atoms with Gasteiger partial charge in [-0.1, -0.05) is 6.08 Å². The Morgan fingerprint density at radius 3 is 2.71 bits per heavy atom. The van der Waals surface area contributed by atoms with Crippen molar-refractivity contribution >= 4 is 23.6 Å². The number of benzene rings is 1. The molecule has 6 N–H and O–H groups in total. The normalized spacial score (nSPS) is 14.6. The smallest absolute Gasteiger partial charge is 0.237 e. The third-order valence-electron chi connectivity index (χ3n) is 2.96. The van der Waals surface area contributed by atoms with Crippen molar-refractivity contribution < 1.29 is 4.74 Å².